The maximum absolute atomic E-state index is 14.2. The fraction of sp³-hybridized carbons (Fsp3) is 0.500. The molecule has 1 aliphatic heterocycles. The zero-order chi connectivity index (χ0) is 21.0. The molecule has 1 heterocycles. The molecule has 0 amide bonds. The Morgan fingerprint density at radius 2 is 1.86 bits per heavy atom. The highest BCUT2D eigenvalue weighted by atomic mass is 35.5. The summed E-state index contributed by atoms with van der Waals surface area (Å²) in [4.78, 5) is 17.4. The lowest BCUT2D eigenvalue weighted by Crippen LogP contribution is -2.49. The molecular formula is C20H28ClFN4O2. The number of piperazine rings is 1. The molecule has 0 N–H and O–H groups in total. The Bertz CT molecular complexity index is 799. The smallest absolute Gasteiger partial charge is 0.312 e. The monoisotopic (exact) mass is 410 g/mol. The van der Waals surface area contributed by atoms with E-state index in [2.05, 4.69) is 0 Å². The lowest BCUT2D eigenvalue weighted by molar-refractivity contribution is -0.424. The highest BCUT2D eigenvalue weighted by Crippen LogP contribution is 2.28. The summed E-state index contributed by atoms with van der Waals surface area (Å²) in [5, 5.41) is 12.3. The summed E-state index contributed by atoms with van der Waals surface area (Å²) in [6.07, 6.45) is 0.757. The van der Waals surface area contributed by atoms with Crippen molar-refractivity contribution in [3.8, 4) is 0 Å². The van der Waals surface area contributed by atoms with Crippen LogP contribution in [-0.4, -0.2) is 55.0 Å². The summed E-state index contributed by atoms with van der Waals surface area (Å²) in [6, 6.07) is 4.65. The molecule has 0 unspecified atom stereocenters. The average molecular weight is 411 g/mol. The molecule has 0 bridgehead atoms. The van der Waals surface area contributed by atoms with Crippen LogP contribution in [0.25, 0.3) is 0 Å². The Kier molecular flexibility index (Phi) is 7.29. The number of allylic oxidation sites excluding steroid dienone is 2. The molecule has 2 rings (SSSR count). The summed E-state index contributed by atoms with van der Waals surface area (Å²) in [5.74, 6) is 0.235. The van der Waals surface area contributed by atoms with Crippen LogP contribution in [0.3, 0.4) is 0 Å². The predicted molar refractivity (Wildman–Crippen MR) is 112 cm³/mol. The van der Waals surface area contributed by atoms with Gasteiger partial charge in [-0.3, -0.25) is 10.1 Å². The molecule has 1 saturated heterocycles. The van der Waals surface area contributed by atoms with Gasteiger partial charge >= 0.3 is 5.70 Å². The van der Waals surface area contributed by atoms with Crippen molar-refractivity contribution in [3.63, 3.8) is 0 Å². The molecule has 1 aromatic rings. The summed E-state index contributed by atoms with van der Waals surface area (Å²) in [7, 11) is 3.64. The third kappa shape index (κ3) is 4.76. The van der Waals surface area contributed by atoms with E-state index in [-0.39, 0.29) is 16.4 Å². The second kappa shape index (κ2) is 9.28. The number of halogens is 2. The van der Waals surface area contributed by atoms with Crippen LogP contribution in [0.5, 0.6) is 0 Å². The standard InChI is InChI=1S/C20H28ClFN4O2/c1-6-14(2)15(3)19(26(27)28)20(23(4)5)25-11-9-24(10-12-25)18-8-7-16(21)13-17(18)22/h7-8,13H,6,9-12H2,1-5H3/b15-14+,20-19-. The second-order valence-electron chi connectivity index (χ2n) is 7.15. The molecule has 154 valence electrons. The van der Waals surface area contributed by atoms with Gasteiger partial charge in [0.1, 0.15) is 5.82 Å². The van der Waals surface area contributed by atoms with Crippen molar-refractivity contribution in [1.29, 1.82) is 0 Å². The minimum absolute atomic E-state index is 0.135. The molecule has 1 fully saturated rings. The first kappa shape index (κ1) is 22.0. The van der Waals surface area contributed by atoms with E-state index in [0.717, 1.165) is 12.0 Å². The number of nitrogens with zero attached hydrogens (tertiary/aromatic N) is 4. The third-order valence-electron chi connectivity index (χ3n) is 5.17. The van der Waals surface area contributed by atoms with Gasteiger partial charge in [-0.1, -0.05) is 24.1 Å². The maximum Gasteiger partial charge on any atom is 0.312 e. The topological polar surface area (TPSA) is 52.9 Å². The van der Waals surface area contributed by atoms with Gasteiger partial charge in [0.05, 0.1) is 10.6 Å². The van der Waals surface area contributed by atoms with Crippen LogP contribution in [0.2, 0.25) is 5.02 Å². The Morgan fingerprint density at radius 3 is 2.32 bits per heavy atom. The van der Waals surface area contributed by atoms with E-state index in [1.165, 1.54) is 6.07 Å². The van der Waals surface area contributed by atoms with Crippen LogP contribution >= 0.6 is 11.6 Å². The highest BCUT2D eigenvalue weighted by molar-refractivity contribution is 6.30. The van der Waals surface area contributed by atoms with Crippen LogP contribution < -0.4 is 4.90 Å². The van der Waals surface area contributed by atoms with Crippen molar-refractivity contribution >= 4 is 17.3 Å². The molecular weight excluding hydrogens is 383 g/mol. The van der Waals surface area contributed by atoms with Crippen LogP contribution in [0, 0.1) is 15.9 Å². The summed E-state index contributed by atoms with van der Waals surface area (Å²) in [5.41, 5.74) is 2.33. The molecule has 0 atom stereocenters. The van der Waals surface area contributed by atoms with Crippen molar-refractivity contribution in [2.24, 2.45) is 0 Å². The van der Waals surface area contributed by atoms with Crippen molar-refractivity contribution in [3.05, 3.63) is 61.8 Å². The third-order valence-corrected chi connectivity index (χ3v) is 5.41. The van der Waals surface area contributed by atoms with Gasteiger partial charge in [0.15, 0.2) is 5.82 Å². The molecule has 6 nitrogen and oxygen atoms in total. The summed E-state index contributed by atoms with van der Waals surface area (Å²) < 4.78 is 14.2. The van der Waals surface area contributed by atoms with Gasteiger partial charge in [-0.15, -0.1) is 0 Å². The fourth-order valence-corrected chi connectivity index (χ4v) is 3.55. The Labute approximate surface area is 171 Å². The van der Waals surface area contributed by atoms with Gasteiger partial charge in [-0.25, -0.2) is 4.39 Å². The van der Waals surface area contributed by atoms with E-state index >= 15 is 0 Å². The van der Waals surface area contributed by atoms with E-state index in [4.69, 9.17) is 11.6 Å². The van der Waals surface area contributed by atoms with Crippen molar-refractivity contribution in [2.45, 2.75) is 27.2 Å². The van der Waals surface area contributed by atoms with Crippen molar-refractivity contribution in [2.75, 3.05) is 45.2 Å². The van der Waals surface area contributed by atoms with Gasteiger partial charge in [0.2, 0.25) is 0 Å². The largest absolute Gasteiger partial charge is 0.366 e. The van der Waals surface area contributed by atoms with Crippen LogP contribution in [0.4, 0.5) is 10.1 Å². The average Bonchev–Trinajstić information content (AvgIpc) is 2.64. The van der Waals surface area contributed by atoms with Crippen LogP contribution in [0.15, 0.2) is 40.9 Å². The quantitative estimate of drug-likeness (QED) is 0.396. The van der Waals surface area contributed by atoms with Gasteiger partial charge in [0, 0.05) is 50.9 Å². The minimum atomic E-state index is -0.354. The van der Waals surface area contributed by atoms with E-state index in [9.17, 15) is 14.5 Å². The van der Waals surface area contributed by atoms with E-state index in [0.29, 0.717) is 48.3 Å². The first-order valence-electron chi connectivity index (χ1n) is 9.35. The summed E-state index contributed by atoms with van der Waals surface area (Å²) in [6.45, 7) is 7.97. The zero-order valence-electron chi connectivity index (χ0n) is 17.1. The number of hydrogen-bond donors (Lipinski definition) is 0. The summed E-state index contributed by atoms with van der Waals surface area (Å²) >= 11 is 5.84. The van der Waals surface area contributed by atoms with E-state index in [1.54, 1.807) is 24.0 Å². The van der Waals surface area contributed by atoms with Gasteiger partial charge in [-0.2, -0.15) is 0 Å². The molecule has 1 aliphatic rings. The van der Waals surface area contributed by atoms with Crippen LogP contribution in [-0.2, 0) is 0 Å². The number of nitro groups is 1. The molecule has 0 radical (unpaired) electrons. The molecule has 0 saturated carbocycles. The first-order valence-corrected chi connectivity index (χ1v) is 9.72. The van der Waals surface area contributed by atoms with Gasteiger partial charge in [0.25, 0.3) is 0 Å². The zero-order valence-corrected chi connectivity index (χ0v) is 17.9. The number of rotatable bonds is 6. The Hall–Kier alpha value is -2.28. The SMILES string of the molecule is CC/C(C)=C(C)/C(=C(\N(C)C)N1CCN(c2ccc(Cl)cc2F)CC1)[N+](=O)[O-]. The molecule has 1 aromatic carbocycles. The molecule has 0 aliphatic carbocycles. The van der Waals surface area contributed by atoms with Gasteiger partial charge < -0.3 is 14.7 Å². The normalized spacial score (nSPS) is 16.5. The predicted octanol–water partition coefficient (Wildman–Crippen LogP) is 4.35. The number of hydrogen-bond acceptors (Lipinski definition) is 5. The second-order valence-corrected chi connectivity index (χ2v) is 7.59. The minimum Gasteiger partial charge on any atom is -0.366 e. The van der Waals surface area contributed by atoms with E-state index < -0.39 is 0 Å². The number of anilines is 1. The molecule has 8 heteroatoms. The molecule has 0 aromatic heterocycles. The Morgan fingerprint density at radius 1 is 1.25 bits per heavy atom. The Balaban J connectivity index is 2.33. The van der Waals surface area contributed by atoms with Crippen LogP contribution in [0.1, 0.15) is 27.2 Å². The lowest BCUT2D eigenvalue weighted by atomic mass is 10.1. The van der Waals surface area contributed by atoms with Crippen molar-refractivity contribution < 1.29 is 9.31 Å². The maximum atomic E-state index is 14.2. The molecule has 28 heavy (non-hydrogen) atoms. The number of benzene rings is 1. The molecule has 0 spiro atoms. The van der Waals surface area contributed by atoms with Crippen molar-refractivity contribution in [1.82, 2.24) is 9.80 Å². The fourth-order valence-electron chi connectivity index (χ4n) is 3.39. The van der Waals surface area contributed by atoms with Gasteiger partial charge in [-0.05, 0) is 38.5 Å². The van der Waals surface area contributed by atoms with E-state index in [1.807, 2.05) is 37.7 Å². The highest BCUT2D eigenvalue weighted by Gasteiger charge is 2.30. The lowest BCUT2D eigenvalue weighted by Gasteiger charge is -2.39. The first-order chi connectivity index (χ1) is 13.2.